The Hall–Kier alpha value is -0.240. The van der Waals surface area contributed by atoms with Crippen LogP contribution in [0.3, 0.4) is 0 Å². The Balaban J connectivity index is 3.61. The molecule has 0 aliphatic rings. The van der Waals surface area contributed by atoms with Gasteiger partial charge in [0.15, 0.2) is 0 Å². The van der Waals surface area contributed by atoms with E-state index in [-0.39, 0.29) is 5.91 Å². The van der Waals surface area contributed by atoms with Crippen molar-refractivity contribution in [2.45, 2.75) is 39.5 Å². The Morgan fingerprint density at radius 1 is 1.38 bits per heavy atom. The third kappa shape index (κ3) is 6.88. The minimum Gasteiger partial charge on any atom is -0.356 e. The third-order valence-electron chi connectivity index (χ3n) is 2.12. The molecule has 0 spiro atoms. The molecule has 0 radical (unpaired) electrons. The van der Waals surface area contributed by atoms with Gasteiger partial charge in [0, 0.05) is 18.8 Å². The second kappa shape index (κ2) is 8.36. The topological polar surface area (TPSA) is 29.1 Å². The largest absolute Gasteiger partial charge is 0.356 e. The summed E-state index contributed by atoms with van der Waals surface area (Å²) in [5, 5.41) is 2.90. The summed E-state index contributed by atoms with van der Waals surface area (Å²) >= 11 is 5.67. The smallest absolute Gasteiger partial charge is 0.219 e. The molecule has 0 saturated carbocycles. The van der Waals surface area contributed by atoms with Crippen LogP contribution in [-0.2, 0) is 4.79 Å². The monoisotopic (exact) mass is 205 g/mol. The van der Waals surface area contributed by atoms with E-state index in [0.29, 0.717) is 18.2 Å². The van der Waals surface area contributed by atoms with Crippen molar-refractivity contribution in [2.75, 3.05) is 12.4 Å². The molecule has 0 aromatic heterocycles. The molecule has 13 heavy (non-hydrogen) atoms. The molecule has 0 aliphatic carbocycles. The zero-order valence-corrected chi connectivity index (χ0v) is 9.36. The van der Waals surface area contributed by atoms with E-state index in [1.165, 1.54) is 0 Å². The van der Waals surface area contributed by atoms with Crippen molar-refractivity contribution in [3.63, 3.8) is 0 Å². The first-order valence-corrected chi connectivity index (χ1v) is 5.60. The Morgan fingerprint density at radius 3 is 2.54 bits per heavy atom. The molecular formula is C10H20ClNO. The van der Waals surface area contributed by atoms with Crippen LogP contribution < -0.4 is 5.32 Å². The molecule has 78 valence electrons. The lowest BCUT2D eigenvalue weighted by Gasteiger charge is -2.14. The Labute approximate surface area is 86.0 Å². The van der Waals surface area contributed by atoms with E-state index in [9.17, 15) is 4.79 Å². The van der Waals surface area contributed by atoms with Crippen LogP contribution in [0.5, 0.6) is 0 Å². The first kappa shape index (κ1) is 12.8. The number of carbonyl (C=O) groups is 1. The van der Waals surface area contributed by atoms with Crippen molar-refractivity contribution in [3.8, 4) is 0 Å². The van der Waals surface area contributed by atoms with Crippen molar-refractivity contribution in [1.29, 1.82) is 0 Å². The van der Waals surface area contributed by atoms with Gasteiger partial charge in [0.05, 0.1) is 0 Å². The maximum atomic E-state index is 11.0. The molecule has 0 aliphatic heterocycles. The van der Waals surface area contributed by atoms with Crippen molar-refractivity contribution < 1.29 is 4.79 Å². The highest BCUT2D eigenvalue weighted by atomic mass is 35.5. The molecule has 1 atom stereocenters. The summed E-state index contributed by atoms with van der Waals surface area (Å²) in [7, 11) is 0. The molecule has 0 heterocycles. The van der Waals surface area contributed by atoms with Gasteiger partial charge < -0.3 is 5.32 Å². The average molecular weight is 206 g/mol. The lowest BCUT2D eigenvalue weighted by Crippen LogP contribution is -2.28. The van der Waals surface area contributed by atoms with Gasteiger partial charge in [0.25, 0.3) is 0 Å². The fraction of sp³-hybridized carbons (Fsp3) is 0.900. The summed E-state index contributed by atoms with van der Waals surface area (Å²) in [6, 6.07) is 0. The predicted molar refractivity (Wildman–Crippen MR) is 57.0 cm³/mol. The second-order valence-electron chi connectivity index (χ2n) is 3.29. The number of hydrogen-bond acceptors (Lipinski definition) is 1. The number of carbonyl (C=O) groups excluding carboxylic acids is 1. The molecule has 0 bridgehead atoms. The van der Waals surface area contributed by atoms with Crippen LogP contribution in [0.4, 0.5) is 0 Å². The highest BCUT2D eigenvalue weighted by Gasteiger charge is 2.07. The van der Waals surface area contributed by atoms with Crippen LogP contribution in [0.2, 0.25) is 0 Å². The van der Waals surface area contributed by atoms with Crippen molar-refractivity contribution >= 4 is 17.5 Å². The van der Waals surface area contributed by atoms with Crippen LogP contribution >= 0.6 is 11.6 Å². The summed E-state index contributed by atoms with van der Waals surface area (Å²) < 4.78 is 0. The van der Waals surface area contributed by atoms with E-state index < -0.39 is 0 Å². The summed E-state index contributed by atoms with van der Waals surface area (Å²) in [5.74, 6) is 1.38. The Bertz CT molecular complexity index is 133. The van der Waals surface area contributed by atoms with Gasteiger partial charge in [-0.3, -0.25) is 4.79 Å². The zero-order valence-electron chi connectivity index (χ0n) is 8.61. The first-order chi connectivity index (χ1) is 6.24. The van der Waals surface area contributed by atoms with Crippen LogP contribution in [0.15, 0.2) is 0 Å². The number of rotatable bonds is 7. The SMILES string of the molecule is CCCC(CCCl)CNC(=O)CC. The Kier molecular flexibility index (Phi) is 8.21. The number of amides is 1. The van der Waals surface area contributed by atoms with E-state index >= 15 is 0 Å². The van der Waals surface area contributed by atoms with E-state index in [4.69, 9.17) is 11.6 Å². The molecule has 3 heteroatoms. The molecule has 2 nitrogen and oxygen atoms in total. The van der Waals surface area contributed by atoms with E-state index in [0.717, 1.165) is 25.8 Å². The van der Waals surface area contributed by atoms with Gasteiger partial charge in [-0.15, -0.1) is 11.6 Å². The maximum absolute atomic E-state index is 11.0. The summed E-state index contributed by atoms with van der Waals surface area (Å²) in [5.41, 5.74) is 0. The molecule has 0 aromatic rings. The molecule has 1 amide bonds. The number of alkyl halides is 1. The first-order valence-electron chi connectivity index (χ1n) is 5.07. The number of halogens is 1. The minimum atomic E-state index is 0.135. The molecular weight excluding hydrogens is 186 g/mol. The lowest BCUT2D eigenvalue weighted by molar-refractivity contribution is -0.120. The molecule has 0 aromatic carbocycles. The molecule has 1 unspecified atom stereocenters. The van der Waals surface area contributed by atoms with Gasteiger partial charge >= 0.3 is 0 Å². The van der Waals surface area contributed by atoms with Crippen molar-refractivity contribution in [3.05, 3.63) is 0 Å². The van der Waals surface area contributed by atoms with Crippen LogP contribution in [-0.4, -0.2) is 18.3 Å². The average Bonchev–Trinajstić information content (AvgIpc) is 2.14. The fourth-order valence-electron chi connectivity index (χ4n) is 1.29. The summed E-state index contributed by atoms with van der Waals surface area (Å²) in [6.45, 7) is 4.81. The standard InChI is InChI=1S/C10H20ClNO/c1-3-5-9(6-7-11)8-12-10(13)4-2/h9H,3-8H2,1-2H3,(H,12,13). The van der Waals surface area contributed by atoms with Gasteiger partial charge in [-0.1, -0.05) is 20.3 Å². The van der Waals surface area contributed by atoms with Gasteiger partial charge in [-0.25, -0.2) is 0 Å². The molecule has 0 rings (SSSR count). The molecule has 0 saturated heterocycles. The maximum Gasteiger partial charge on any atom is 0.219 e. The van der Waals surface area contributed by atoms with E-state index in [2.05, 4.69) is 12.2 Å². The van der Waals surface area contributed by atoms with E-state index in [1.54, 1.807) is 0 Å². The second-order valence-corrected chi connectivity index (χ2v) is 3.67. The van der Waals surface area contributed by atoms with E-state index in [1.807, 2.05) is 6.92 Å². The summed E-state index contributed by atoms with van der Waals surface area (Å²) in [6.07, 6.45) is 3.87. The van der Waals surface area contributed by atoms with Crippen molar-refractivity contribution in [2.24, 2.45) is 5.92 Å². The third-order valence-corrected chi connectivity index (χ3v) is 2.34. The van der Waals surface area contributed by atoms with Crippen LogP contribution in [0, 0.1) is 5.92 Å². The lowest BCUT2D eigenvalue weighted by atomic mass is 10.0. The highest BCUT2D eigenvalue weighted by Crippen LogP contribution is 2.10. The van der Waals surface area contributed by atoms with Gasteiger partial charge in [-0.2, -0.15) is 0 Å². The highest BCUT2D eigenvalue weighted by molar-refractivity contribution is 6.17. The van der Waals surface area contributed by atoms with Crippen molar-refractivity contribution in [1.82, 2.24) is 5.32 Å². The van der Waals surface area contributed by atoms with Gasteiger partial charge in [0.2, 0.25) is 5.91 Å². The van der Waals surface area contributed by atoms with Crippen LogP contribution in [0.1, 0.15) is 39.5 Å². The predicted octanol–water partition coefficient (Wildman–Crippen LogP) is 2.56. The molecule has 1 N–H and O–H groups in total. The Morgan fingerprint density at radius 2 is 2.08 bits per heavy atom. The zero-order chi connectivity index (χ0) is 10.1. The van der Waals surface area contributed by atoms with Gasteiger partial charge in [0.1, 0.15) is 0 Å². The fourth-order valence-corrected chi connectivity index (χ4v) is 1.60. The van der Waals surface area contributed by atoms with Crippen LogP contribution in [0.25, 0.3) is 0 Å². The van der Waals surface area contributed by atoms with Gasteiger partial charge in [-0.05, 0) is 18.8 Å². The quantitative estimate of drug-likeness (QED) is 0.636. The minimum absolute atomic E-state index is 0.135. The molecule has 0 fully saturated rings. The number of hydrogen-bond donors (Lipinski definition) is 1. The number of nitrogens with one attached hydrogen (secondary N) is 1. The summed E-state index contributed by atoms with van der Waals surface area (Å²) in [4.78, 5) is 11.0. The normalized spacial score (nSPS) is 12.5.